The molecule has 0 radical (unpaired) electrons. The number of carboxylic acid groups (broad SMARTS) is 1. The number of imide groups is 1. The molecule has 0 aliphatic carbocycles. The Balaban J connectivity index is 1.54. The fourth-order valence-corrected chi connectivity index (χ4v) is 5.69. The van der Waals surface area contributed by atoms with Crippen LogP contribution < -0.4 is 20.1 Å². The maximum absolute atomic E-state index is 12.8. The zero-order chi connectivity index (χ0) is 39.3. The number of rotatable bonds is 21. The number of ether oxygens (including phenoxy) is 4. The molecule has 20 nitrogen and oxygen atoms in total. The molecule has 1 saturated heterocycles. The molecule has 1 aromatic rings. The molecule has 0 spiro atoms. The van der Waals surface area contributed by atoms with E-state index in [2.05, 4.69) is 10.6 Å². The molecule has 0 aromatic heterocycles. The summed E-state index contributed by atoms with van der Waals surface area (Å²) in [6, 6.07) is 2.49. The molecule has 0 bridgehead atoms. The minimum atomic E-state index is -4.69. The molecule has 294 valence electrons. The quantitative estimate of drug-likeness (QED) is 0.0312. The molecule has 2 aliphatic heterocycles. The fraction of sp³-hybridized carbons (Fsp3) is 0.562. The highest BCUT2D eigenvalue weighted by Gasteiger charge is 2.48. The number of esters is 1. The Morgan fingerprint density at radius 3 is 2.32 bits per heavy atom. The van der Waals surface area contributed by atoms with E-state index in [-0.39, 0.29) is 57.1 Å². The minimum Gasteiger partial charge on any atom is -0.493 e. The van der Waals surface area contributed by atoms with Gasteiger partial charge in [-0.2, -0.15) is 8.42 Å². The minimum absolute atomic E-state index is 0.0338. The van der Waals surface area contributed by atoms with Crippen LogP contribution in [0.1, 0.15) is 51.0 Å². The largest absolute Gasteiger partial charge is 0.493 e. The number of amides is 4. The summed E-state index contributed by atoms with van der Waals surface area (Å²) < 4.78 is 54.1. The van der Waals surface area contributed by atoms with Crippen molar-refractivity contribution in [3.63, 3.8) is 0 Å². The summed E-state index contributed by atoms with van der Waals surface area (Å²) in [5, 5.41) is 44.3. The molecule has 21 heteroatoms. The number of aliphatic hydroxyl groups excluding tert-OH is 3. The number of carboxylic acids is 1. The fourth-order valence-electron chi connectivity index (χ4n) is 5.04. The SMILES string of the molecule is CCC(=O)OCc1ccc(O[C@@H]2O[C@H](C(=O)O)[C@@H](O)[C@H](O)[C@H]2O)cc1OCCCNC(=O)[C@H](CS(=O)(=O)O)NC(=O)CCCCCN1C(=O)C=CC1=O. The van der Waals surface area contributed by atoms with Crippen LogP contribution in [0.4, 0.5) is 0 Å². The van der Waals surface area contributed by atoms with E-state index >= 15 is 0 Å². The lowest BCUT2D eigenvalue weighted by Crippen LogP contribution is -2.61. The molecule has 1 fully saturated rings. The average Bonchev–Trinajstić information content (AvgIpc) is 3.42. The molecular formula is C32H43N3O17S. The predicted octanol–water partition coefficient (Wildman–Crippen LogP) is -1.85. The zero-order valence-corrected chi connectivity index (χ0v) is 29.4. The van der Waals surface area contributed by atoms with Crippen molar-refractivity contribution in [1.82, 2.24) is 15.5 Å². The molecule has 2 heterocycles. The van der Waals surface area contributed by atoms with Crippen LogP contribution in [-0.4, -0.2) is 136 Å². The molecule has 1 aromatic carbocycles. The first-order valence-electron chi connectivity index (χ1n) is 16.6. The van der Waals surface area contributed by atoms with Crippen molar-refractivity contribution < 1.29 is 81.1 Å². The van der Waals surface area contributed by atoms with Crippen molar-refractivity contribution in [3.05, 3.63) is 35.9 Å². The van der Waals surface area contributed by atoms with Crippen molar-refractivity contribution in [2.75, 3.05) is 25.4 Å². The Kier molecular flexibility index (Phi) is 16.1. The van der Waals surface area contributed by atoms with Crippen LogP contribution in [0.5, 0.6) is 11.5 Å². The summed E-state index contributed by atoms with van der Waals surface area (Å²) in [6.07, 6.45) is -5.69. The van der Waals surface area contributed by atoms with Crippen LogP contribution in [0.3, 0.4) is 0 Å². The van der Waals surface area contributed by atoms with Gasteiger partial charge in [-0.15, -0.1) is 0 Å². The first-order valence-corrected chi connectivity index (χ1v) is 18.2. The smallest absolute Gasteiger partial charge is 0.335 e. The number of aliphatic hydroxyl groups is 3. The standard InChI is InChI=1S/C32H43N3O17S/c1-2-25(39)50-16-18-8-9-19(51-32-28(42)26(40)27(41)29(52-32)31(44)45)15-21(18)49-14-6-12-33-30(43)20(17-53(46,47)48)34-22(36)7-4-3-5-13-35-23(37)10-11-24(35)38/h8-11,15,20,26-29,32,40-42H,2-7,12-14,16-17H2,1H3,(H,33,43)(H,34,36)(H,44,45)(H,46,47,48)/t20-,26-,27-,28+,29-,32+/m0/s1. The topological polar surface area (TPSA) is 302 Å². The first-order chi connectivity index (χ1) is 25.0. The maximum Gasteiger partial charge on any atom is 0.335 e. The van der Waals surface area contributed by atoms with Crippen LogP contribution in [0.25, 0.3) is 0 Å². The van der Waals surface area contributed by atoms with Gasteiger partial charge in [0, 0.05) is 49.7 Å². The number of unbranched alkanes of at least 4 members (excludes halogenated alkanes) is 2. The second-order valence-electron chi connectivity index (χ2n) is 12.0. The van der Waals surface area contributed by atoms with E-state index in [0.29, 0.717) is 24.8 Å². The van der Waals surface area contributed by atoms with Gasteiger partial charge in [-0.05, 0) is 31.4 Å². The lowest BCUT2D eigenvalue weighted by atomic mass is 9.99. The Morgan fingerprint density at radius 1 is 0.981 bits per heavy atom. The van der Waals surface area contributed by atoms with E-state index in [4.69, 9.17) is 18.9 Å². The van der Waals surface area contributed by atoms with Crippen molar-refractivity contribution >= 4 is 45.7 Å². The molecule has 6 atom stereocenters. The van der Waals surface area contributed by atoms with Crippen LogP contribution >= 0.6 is 0 Å². The maximum atomic E-state index is 12.8. The van der Waals surface area contributed by atoms with Crippen molar-refractivity contribution in [2.45, 2.75) is 88.8 Å². The van der Waals surface area contributed by atoms with E-state index in [9.17, 15) is 62.2 Å². The van der Waals surface area contributed by atoms with Gasteiger partial charge in [-0.1, -0.05) is 13.3 Å². The van der Waals surface area contributed by atoms with Crippen LogP contribution in [-0.2, 0) is 55.0 Å². The van der Waals surface area contributed by atoms with Crippen LogP contribution in [0, 0.1) is 0 Å². The molecule has 0 saturated carbocycles. The third kappa shape index (κ3) is 13.4. The van der Waals surface area contributed by atoms with E-state index in [1.165, 1.54) is 18.2 Å². The third-order valence-electron chi connectivity index (χ3n) is 7.87. The van der Waals surface area contributed by atoms with Gasteiger partial charge in [0.25, 0.3) is 21.9 Å². The third-order valence-corrected chi connectivity index (χ3v) is 8.63. The molecule has 2 aliphatic rings. The average molecular weight is 774 g/mol. The molecule has 4 amide bonds. The van der Waals surface area contributed by atoms with Gasteiger partial charge in [0.2, 0.25) is 18.1 Å². The van der Waals surface area contributed by atoms with Gasteiger partial charge in [-0.3, -0.25) is 33.4 Å². The van der Waals surface area contributed by atoms with E-state index in [1.807, 2.05) is 0 Å². The molecule has 0 unspecified atom stereocenters. The molecule has 53 heavy (non-hydrogen) atoms. The first kappa shape index (κ1) is 42.7. The van der Waals surface area contributed by atoms with E-state index < -0.39 is 88.2 Å². The molecule has 7 N–H and O–H groups in total. The Bertz CT molecular complexity index is 1620. The Morgan fingerprint density at radius 2 is 1.68 bits per heavy atom. The number of aliphatic carboxylic acids is 1. The number of nitrogens with one attached hydrogen (secondary N) is 2. The van der Waals surface area contributed by atoms with Crippen molar-refractivity contribution in [1.29, 1.82) is 0 Å². The van der Waals surface area contributed by atoms with Crippen molar-refractivity contribution in [2.24, 2.45) is 0 Å². The molecular weight excluding hydrogens is 730 g/mol. The van der Waals surface area contributed by atoms with Gasteiger partial charge in [-0.25, -0.2) is 4.79 Å². The van der Waals surface area contributed by atoms with Gasteiger partial charge in [0.05, 0.1) is 6.61 Å². The number of hydrogen-bond acceptors (Lipinski definition) is 15. The molecule has 3 rings (SSSR count). The summed E-state index contributed by atoms with van der Waals surface area (Å²) >= 11 is 0. The highest BCUT2D eigenvalue weighted by atomic mass is 32.2. The second-order valence-corrected chi connectivity index (χ2v) is 13.5. The zero-order valence-electron chi connectivity index (χ0n) is 28.6. The van der Waals surface area contributed by atoms with Gasteiger partial charge < -0.3 is 50.0 Å². The monoisotopic (exact) mass is 773 g/mol. The number of carbonyl (C=O) groups excluding carboxylic acids is 5. The highest BCUT2D eigenvalue weighted by Crippen LogP contribution is 2.30. The van der Waals surface area contributed by atoms with E-state index in [0.717, 1.165) is 17.1 Å². The lowest BCUT2D eigenvalue weighted by Gasteiger charge is -2.38. The summed E-state index contributed by atoms with van der Waals surface area (Å²) in [6.45, 7) is 1.36. The number of hydrogen-bond donors (Lipinski definition) is 7. The summed E-state index contributed by atoms with van der Waals surface area (Å²) in [5.41, 5.74) is 0.359. The lowest BCUT2D eigenvalue weighted by molar-refractivity contribution is -0.271. The highest BCUT2D eigenvalue weighted by molar-refractivity contribution is 7.85. The summed E-state index contributed by atoms with van der Waals surface area (Å²) in [4.78, 5) is 72.7. The summed E-state index contributed by atoms with van der Waals surface area (Å²) in [7, 11) is -4.69. The number of nitrogens with zero attached hydrogens (tertiary/aromatic N) is 1. The van der Waals surface area contributed by atoms with Gasteiger partial charge in [0.15, 0.2) is 6.10 Å². The van der Waals surface area contributed by atoms with Gasteiger partial charge >= 0.3 is 11.9 Å². The number of benzene rings is 1. The summed E-state index contributed by atoms with van der Waals surface area (Å²) in [5.74, 6) is -5.57. The second kappa shape index (κ2) is 20.0. The normalized spacial score (nSPS) is 21.9. The van der Waals surface area contributed by atoms with E-state index in [1.54, 1.807) is 6.92 Å². The Hall–Kier alpha value is -4.67. The van der Waals surface area contributed by atoms with Crippen molar-refractivity contribution in [3.8, 4) is 11.5 Å². The van der Waals surface area contributed by atoms with Gasteiger partial charge in [0.1, 0.15) is 48.2 Å². The van der Waals surface area contributed by atoms with Crippen LogP contribution in [0.2, 0.25) is 0 Å². The Labute approximate surface area is 303 Å². The van der Waals surface area contributed by atoms with Crippen LogP contribution in [0.15, 0.2) is 30.4 Å². The number of carbonyl (C=O) groups is 6. The predicted molar refractivity (Wildman–Crippen MR) is 177 cm³/mol.